The van der Waals surface area contributed by atoms with Crippen LogP contribution in [0.1, 0.15) is 39.9 Å². The Labute approximate surface area is 183 Å². The fourth-order valence-electron chi connectivity index (χ4n) is 3.44. The largest absolute Gasteiger partial charge is 0.504 e. The summed E-state index contributed by atoms with van der Waals surface area (Å²) in [6.45, 7) is 0.158. The first kappa shape index (κ1) is 23.6. The van der Waals surface area contributed by atoms with Crippen LogP contribution in [0.2, 0.25) is 0 Å². The molecule has 0 saturated carbocycles. The highest BCUT2D eigenvalue weighted by Gasteiger charge is 2.43. The average Bonchev–Trinajstić information content (AvgIpc) is 3.42. The standard InChI is InChI=1S/C18H11F9N6O/c19-16(20,21)13-5-8(1-3-28-13)11-6-12-10(2-4-32(12)30-11)29-15(34)9-7-33(18(25,26)27)31-14(9)17(22,23)24/h1,3,5-7,10H,2,4H2,(H,29,34)/t10-/m0/s1. The van der Waals surface area contributed by atoms with Gasteiger partial charge < -0.3 is 5.32 Å². The highest BCUT2D eigenvalue weighted by molar-refractivity contribution is 5.95. The first-order valence-electron chi connectivity index (χ1n) is 9.31. The van der Waals surface area contributed by atoms with Crippen LogP contribution in [0.4, 0.5) is 39.5 Å². The maximum Gasteiger partial charge on any atom is 0.504 e. The van der Waals surface area contributed by atoms with Gasteiger partial charge in [-0.05, 0) is 24.6 Å². The first-order valence-corrected chi connectivity index (χ1v) is 9.31. The molecule has 0 spiro atoms. The van der Waals surface area contributed by atoms with Gasteiger partial charge in [-0.3, -0.25) is 14.5 Å². The number of carbonyl (C=O) groups excluding carboxylic acids is 1. The molecule has 0 bridgehead atoms. The molecule has 3 aromatic heterocycles. The topological polar surface area (TPSA) is 77.6 Å². The van der Waals surface area contributed by atoms with Crippen molar-refractivity contribution >= 4 is 5.91 Å². The van der Waals surface area contributed by atoms with E-state index in [1.807, 2.05) is 0 Å². The molecule has 1 amide bonds. The summed E-state index contributed by atoms with van der Waals surface area (Å²) in [4.78, 5) is 15.7. The van der Waals surface area contributed by atoms with Gasteiger partial charge in [-0.2, -0.15) is 41.2 Å². The lowest BCUT2D eigenvalue weighted by Gasteiger charge is -2.12. The molecule has 7 nitrogen and oxygen atoms in total. The van der Waals surface area contributed by atoms with Crippen molar-refractivity contribution in [1.82, 2.24) is 29.9 Å². The second-order valence-electron chi connectivity index (χ2n) is 7.22. The minimum absolute atomic E-state index is 0.0557. The predicted molar refractivity (Wildman–Crippen MR) is 93.8 cm³/mol. The number of hydrogen-bond acceptors (Lipinski definition) is 4. The summed E-state index contributed by atoms with van der Waals surface area (Å²) < 4.78 is 117. The lowest BCUT2D eigenvalue weighted by molar-refractivity contribution is -0.214. The van der Waals surface area contributed by atoms with Crippen LogP contribution in [0.25, 0.3) is 11.3 Å². The van der Waals surface area contributed by atoms with Crippen LogP contribution in [-0.2, 0) is 25.2 Å². The number of pyridine rings is 1. The molecule has 4 rings (SSSR count). The molecule has 3 aromatic rings. The van der Waals surface area contributed by atoms with Gasteiger partial charge in [0.05, 0.1) is 23.0 Å². The third kappa shape index (κ3) is 4.43. The Morgan fingerprint density at radius 3 is 2.32 bits per heavy atom. The van der Waals surface area contributed by atoms with Gasteiger partial charge in [-0.25, -0.2) is 0 Å². The second kappa shape index (κ2) is 7.73. The minimum Gasteiger partial charge on any atom is -0.343 e. The normalized spacial score (nSPS) is 16.6. The summed E-state index contributed by atoms with van der Waals surface area (Å²) in [5, 5.41) is 8.80. The van der Waals surface area contributed by atoms with Crippen LogP contribution in [0.3, 0.4) is 0 Å². The number of rotatable bonds is 3. The number of carbonyl (C=O) groups is 1. The molecule has 4 heterocycles. The van der Waals surface area contributed by atoms with Crippen LogP contribution in [0.15, 0.2) is 30.6 Å². The fourth-order valence-corrected chi connectivity index (χ4v) is 3.44. The SMILES string of the molecule is O=C(N[C@H]1CCn2nc(-c3ccnc(C(F)(F)F)c3)cc21)c1cn(C(F)(F)F)nc1C(F)(F)F. The number of amides is 1. The van der Waals surface area contributed by atoms with Crippen LogP contribution in [0, 0.1) is 0 Å². The van der Waals surface area contributed by atoms with E-state index in [0.29, 0.717) is 0 Å². The molecule has 0 fully saturated rings. The van der Waals surface area contributed by atoms with Crippen LogP contribution >= 0.6 is 0 Å². The van der Waals surface area contributed by atoms with E-state index in [1.54, 1.807) is 0 Å². The second-order valence-corrected chi connectivity index (χ2v) is 7.22. The summed E-state index contributed by atoms with van der Waals surface area (Å²) >= 11 is 0. The molecule has 1 aliphatic rings. The third-order valence-electron chi connectivity index (χ3n) is 4.94. The monoisotopic (exact) mass is 498 g/mol. The molecule has 1 atom stereocenters. The summed E-state index contributed by atoms with van der Waals surface area (Å²) in [6.07, 6.45) is -14.3. The van der Waals surface area contributed by atoms with Crippen molar-refractivity contribution < 1.29 is 44.3 Å². The zero-order valence-electron chi connectivity index (χ0n) is 16.4. The Kier molecular flexibility index (Phi) is 5.36. The number of fused-ring (bicyclic) bond motifs is 1. The molecule has 0 radical (unpaired) electrons. The average molecular weight is 498 g/mol. The summed E-state index contributed by atoms with van der Waals surface area (Å²) in [6, 6.07) is 2.40. The molecule has 1 N–H and O–H groups in total. The maximum atomic E-state index is 13.1. The van der Waals surface area contributed by atoms with Gasteiger partial charge in [-0.1, -0.05) is 0 Å². The van der Waals surface area contributed by atoms with Gasteiger partial charge in [0.25, 0.3) is 5.91 Å². The minimum atomic E-state index is -5.33. The number of nitrogens with zero attached hydrogens (tertiary/aromatic N) is 5. The molecule has 16 heteroatoms. The Morgan fingerprint density at radius 1 is 1.00 bits per heavy atom. The zero-order chi connectivity index (χ0) is 25.1. The van der Waals surface area contributed by atoms with Crippen LogP contribution in [0.5, 0.6) is 0 Å². The molecule has 182 valence electrons. The molecular weight excluding hydrogens is 487 g/mol. The van der Waals surface area contributed by atoms with E-state index in [0.717, 1.165) is 12.3 Å². The van der Waals surface area contributed by atoms with E-state index >= 15 is 0 Å². The summed E-state index contributed by atoms with van der Waals surface area (Å²) in [7, 11) is 0. The van der Waals surface area contributed by atoms with Crippen molar-refractivity contribution in [1.29, 1.82) is 0 Å². The molecule has 0 aliphatic carbocycles. The number of aryl methyl sites for hydroxylation is 1. The number of nitrogens with one attached hydrogen (secondary N) is 1. The van der Waals surface area contributed by atoms with E-state index in [9.17, 15) is 44.3 Å². The van der Waals surface area contributed by atoms with E-state index in [1.165, 1.54) is 16.8 Å². The van der Waals surface area contributed by atoms with Crippen molar-refractivity contribution in [3.8, 4) is 11.3 Å². The van der Waals surface area contributed by atoms with E-state index < -0.39 is 52.2 Å². The Morgan fingerprint density at radius 2 is 1.71 bits per heavy atom. The van der Waals surface area contributed by atoms with Gasteiger partial charge >= 0.3 is 18.7 Å². The summed E-state index contributed by atoms with van der Waals surface area (Å²) in [5.74, 6) is -1.45. The van der Waals surface area contributed by atoms with Gasteiger partial charge in [0.1, 0.15) is 5.69 Å². The van der Waals surface area contributed by atoms with Crippen molar-refractivity contribution in [2.45, 2.75) is 37.7 Å². The van der Waals surface area contributed by atoms with Crippen molar-refractivity contribution in [2.75, 3.05) is 0 Å². The van der Waals surface area contributed by atoms with E-state index in [4.69, 9.17) is 0 Å². The number of aromatic nitrogens is 5. The first-order chi connectivity index (χ1) is 15.6. The van der Waals surface area contributed by atoms with Crippen molar-refractivity contribution in [3.05, 3.63) is 53.2 Å². The smallest absolute Gasteiger partial charge is 0.343 e. The highest BCUT2D eigenvalue weighted by atomic mass is 19.4. The molecule has 34 heavy (non-hydrogen) atoms. The Balaban J connectivity index is 1.61. The van der Waals surface area contributed by atoms with Gasteiger partial charge in [0.2, 0.25) is 0 Å². The molecule has 1 aliphatic heterocycles. The maximum absolute atomic E-state index is 13.1. The molecular formula is C18H11F9N6O. The number of alkyl halides is 9. The predicted octanol–water partition coefficient (Wildman–Crippen LogP) is 4.53. The van der Waals surface area contributed by atoms with Crippen molar-refractivity contribution in [3.63, 3.8) is 0 Å². The molecule has 0 saturated heterocycles. The Hall–Kier alpha value is -3.59. The highest BCUT2D eigenvalue weighted by Crippen LogP contribution is 2.35. The molecule has 0 aromatic carbocycles. The molecule has 0 unspecified atom stereocenters. The van der Waals surface area contributed by atoms with Gasteiger partial charge in [0, 0.05) is 24.5 Å². The van der Waals surface area contributed by atoms with Gasteiger partial charge in [0.15, 0.2) is 5.69 Å². The lowest BCUT2D eigenvalue weighted by atomic mass is 10.1. The Bertz CT molecular complexity index is 1240. The quantitative estimate of drug-likeness (QED) is 0.539. The van der Waals surface area contributed by atoms with E-state index in [2.05, 4.69) is 20.5 Å². The third-order valence-corrected chi connectivity index (χ3v) is 4.94. The van der Waals surface area contributed by atoms with Gasteiger partial charge in [-0.15, -0.1) is 13.2 Å². The zero-order valence-corrected chi connectivity index (χ0v) is 16.4. The van der Waals surface area contributed by atoms with Crippen molar-refractivity contribution in [2.24, 2.45) is 0 Å². The van der Waals surface area contributed by atoms with Crippen LogP contribution < -0.4 is 5.32 Å². The summed E-state index contributed by atoms with van der Waals surface area (Å²) in [5.41, 5.74) is -4.10. The lowest BCUT2D eigenvalue weighted by Crippen LogP contribution is -2.28. The van der Waals surface area contributed by atoms with E-state index in [-0.39, 0.29) is 36.1 Å². The number of halogens is 9. The van der Waals surface area contributed by atoms with Crippen LogP contribution in [-0.4, -0.2) is 30.5 Å². The number of hydrogen-bond donors (Lipinski definition) is 1. The fraction of sp³-hybridized carbons (Fsp3) is 0.333.